The lowest BCUT2D eigenvalue weighted by Gasteiger charge is -2.39. The fourth-order valence-electron chi connectivity index (χ4n) is 3.77. The summed E-state index contributed by atoms with van der Waals surface area (Å²) in [7, 11) is 0. The Balaban J connectivity index is 1.29. The van der Waals surface area contributed by atoms with Crippen LogP contribution in [0.25, 0.3) is 0 Å². The fourth-order valence-corrected chi connectivity index (χ4v) is 3.77. The smallest absolute Gasteiger partial charge is 0.410 e. The van der Waals surface area contributed by atoms with Gasteiger partial charge >= 0.3 is 6.09 Å². The second kappa shape index (κ2) is 10.2. The minimum absolute atomic E-state index is 0.0489. The zero-order valence-corrected chi connectivity index (χ0v) is 18.0. The van der Waals surface area contributed by atoms with Crippen molar-refractivity contribution in [1.82, 2.24) is 19.9 Å². The van der Waals surface area contributed by atoms with Gasteiger partial charge in [-0.15, -0.1) is 0 Å². The number of hydrogen-bond acceptors (Lipinski definition) is 9. The van der Waals surface area contributed by atoms with E-state index in [9.17, 15) is 4.79 Å². The molecule has 2 aliphatic rings. The molecule has 10 nitrogen and oxygen atoms in total. The minimum Gasteiger partial charge on any atom is -0.486 e. The Morgan fingerprint density at radius 2 is 2.03 bits per heavy atom. The van der Waals surface area contributed by atoms with Gasteiger partial charge in [0, 0.05) is 56.5 Å². The van der Waals surface area contributed by atoms with Crippen molar-refractivity contribution in [3.63, 3.8) is 0 Å². The molecule has 0 N–H and O–H groups in total. The van der Waals surface area contributed by atoms with E-state index in [1.165, 1.54) is 6.20 Å². The first-order valence-electron chi connectivity index (χ1n) is 10.7. The molecule has 2 aliphatic heterocycles. The number of carbonyl (C=O) groups is 1. The van der Waals surface area contributed by atoms with Crippen molar-refractivity contribution in [3.8, 4) is 11.8 Å². The van der Waals surface area contributed by atoms with Crippen molar-refractivity contribution < 1.29 is 19.0 Å². The van der Waals surface area contributed by atoms with Gasteiger partial charge in [0.05, 0.1) is 31.2 Å². The summed E-state index contributed by atoms with van der Waals surface area (Å²) in [5.74, 6) is 1.10. The molecule has 0 unspecified atom stereocenters. The quantitative estimate of drug-likeness (QED) is 0.692. The van der Waals surface area contributed by atoms with E-state index in [2.05, 4.69) is 25.9 Å². The van der Waals surface area contributed by atoms with Crippen LogP contribution in [0.5, 0.6) is 5.75 Å². The van der Waals surface area contributed by atoms with Crippen molar-refractivity contribution in [2.75, 3.05) is 37.7 Å². The SMILES string of the molecule is C[C@@H]1CN(C(=O)OC2CCOCC2)CCN1c1ncc(OCc2ccncc2C#N)cn1. The number of pyridine rings is 1. The average molecular weight is 438 g/mol. The van der Waals surface area contributed by atoms with Gasteiger partial charge in [-0.2, -0.15) is 5.26 Å². The zero-order chi connectivity index (χ0) is 22.3. The van der Waals surface area contributed by atoms with Gasteiger partial charge in [-0.1, -0.05) is 0 Å². The number of carbonyl (C=O) groups excluding carboxylic acids is 1. The van der Waals surface area contributed by atoms with Gasteiger partial charge in [-0.25, -0.2) is 14.8 Å². The molecule has 1 atom stereocenters. The number of nitrogens with zero attached hydrogens (tertiary/aromatic N) is 6. The van der Waals surface area contributed by atoms with E-state index in [0.717, 1.165) is 18.4 Å². The molecule has 0 spiro atoms. The van der Waals surface area contributed by atoms with Crippen LogP contribution in [0, 0.1) is 11.3 Å². The summed E-state index contributed by atoms with van der Waals surface area (Å²) in [6.45, 7) is 5.26. The molecular weight excluding hydrogens is 412 g/mol. The molecule has 2 fully saturated rings. The van der Waals surface area contributed by atoms with Crippen LogP contribution in [0.15, 0.2) is 30.9 Å². The second-order valence-electron chi connectivity index (χ2n) is 7.84. The Kier molecular flexibility index (Phi) is 6.97. The summed E-state index contributed by atoms with van der Waals surface area (Å²) in [6, 6.07) is 3.90. The summed E-state index contributed by atoms with van der Waals surface area (Å²) in [5, 5.41) is 9.14. The van der Waals surface area contributed by atoms with Crippen molar-refractivity contribution in [1.29, 1.82) is 5.26 Å². The normalized spacial score (nSPS) is 19.3. The Morgan fingerprint density at radius 1 is 1.25 bits per heavy atom. The third kappa shape index (κ3) is 5.23. The Morgan fingerprint density at radius 3 is 2.75 bits per heavy atom. The first kappa shape index (κ1) is 21.8. The van der Waals surface area contributed by atoms with Crippen LogP contribution in [0.3, 0.4) is 0 Å². The molecule has 0 bridgehead atoms. The highest BCUT2D eigenvalue weighted by molar-refractivity contribution is 5.68. The van der Waals surface area contributed by atoms with Gasteiger partial charge < -0.3 is 24.0 Å². The standard InChI is InChI=1S/C22H26N6O4/c1-16-14-27(22(29)32-19-3-8-30-9-4-19)6-7-28(16)21-25-12-20(13-26-21)31-15-17-2-5-24-11-18(17)10-23/h2,5,11-13,16,19H,3-4,6-9,14-15H2,1H3/t16-/m1/s1. The van der Waals surface area contributed by atoms with Crippen LogP contribution in [-0.4, -0.2) is 70.9 Å². The van der Waals surface area contributed by atoms with E-state index < -0.39 is 0 Å². The van der Waals surface area contributed by atoms with Crippen LogP contribution in [-0.2, 0) is 16.1 Å². The Hall–Kier alpha value is -3.45. The first-order valence-corrected chi connectivity index (χ1v) is 10.7. The molecule has 2 aromatic heterocycles. The topological polar surface area (TPSA) is 114 Å². The monoisotopic (exact) mass is 438 g/mol. The molecule has 0 aliphatic carbocycles. The van der Waals surface area contributed by atoms with E-state index in [-0.39, 0.29) is 24.8 Å². The van der Waals surface area contributed by atoms with Crippen molar-refractivity contribution in [2.45, 2.75) is 38.5 Å². The zero-order valence-electron chi connectivity index (χ0n) is 18.0. The summed E-state index contributed by atoms with van der Waals surface area (Å²) in [4.78, 5) is 29.1. The number of piperazine rings is 1. The van der Waals surface area contributed by atoms with Gasteiger partial charge in [0.25, 0.3) is 0 Å². The third-order valence-corrected chi connectivity index (χ3v) is 5.62. The lowest BCUT2D eigenvalue weighted by molar-refractivity contribution is -0.0115. The van der Waals surface area contributed by atoms with Crippen LogP contribution in [0.1, 0.15) is 30.9 Å². The van der Waals surface area contributed by atoms with Gasteiger partial charge in [-0.05, 0) is 13.0 Å². The molecular formula is C22H26N6O4. The number of amides is 1. The largest absolute Gasteiger partial charge is 0.486 e. The number of anilines is 1. The number of hydrogen-bond donors (Lipinski definition) is 0. The highest BCUT2D eigenvalue weighted by Gasteiger charge is 2.30. The number of nitriles is 1. The molecule has 168 valence electrons. The van der Waals surface area contributed by atoms with E-state index >= 15 is 0 Å². The van der Waals surface area contributed by atoms with E-state index in [4.69, 9.17) is 19.5 Å². The Bertz CT molecular complexity index is 958. The summed E-state index contributed by atoms with van der Waals surface area (Å²) >= 11 is 0. The maximum Gasteiger partial charge on any atom is 0.410 e. The van der Waals surface area contributed by atoms with E-state index in [1.54, 1.807) is 29.6 Å². The Labute approximate surface area is 186 Å². The average Bonchev–Trinajstić information content (AvgIpc) is 2.84. The van der Waals surface area contributed by atoms with Crippen LogP contribution in [0.4, 0.5) is 10.7 Å². The highest BCUT2D eigenvalue weighted by Crippen LogP contribution is 2.20. The molecule has 2 saturated heterocycles. The molecule has 10 heteroatoms. The molecule has 32 heavy (non-hydrogen) atoms. The highest BCUT2D eigenvalue weighted by atomic mass is 16.6. The van der Waals surface area contributed by atoms with Gasteiger partial charge in [0.15, 0.2) is 5.75 Å². The van der Waals surface area contributed by atoms with Crippen molar-refractivity contribution in [2.24, 2.45) is 0 Å². The van der Waals surface area contributed by atoms with Gasteiger partial charge in [0.1, 0.15) is 18.8 Å². The predicted octanol–water partition coefficient (Wildman–Crippen LogP) is 2.15. The van der Waals surface area contributed by atoms with E-state index in [1.807, 2.05) is 6.92 Å². The molecule has 0 radical (unpaired) electrons. The molecule has 0 saturated carbocycles. The number of aromatic nitrogens is 3. The number of ether oxygens (including phenoxy) is 3. The number of rotatable bonds is 5. The molecule has 4 heterocycles. The lowest BCUT2D eigenvalue weighted by Crippen LogP contribution is -2.54. The summed E-state index contributed by atoms with van der Waals surface area (Å²) in [6.07, 6.45) is 7.56. The van der Waals surface area contributed by atoms with Gasteiger partial charge in [-0.3, -0.25) is 4.98 Å². The molecule has 0 aromatic carbocycles. The summed E-state index contributed by atoms with van der Waals surface area (Å²) < 4.78 is 16.7. The van der Waals surface area contributed by atoms with Crippen molar-refractivity contribution >= 4 is 12.0 Å². The van der Waals surface area contributed by atoms with Crippen LogP contribution < -0.4 is 9.64 Å². The molecule has 4 rings (SSSR count). The fraction of sp³-hybridized carbons (Fsp3) is 0.500. The predicted molar refractivity (Wildman–Crippen MR) is 114 cm³/mol. The lowest BCUT2D eigenvalue weighted by atomic mass is 10.1. The maximum atomic E-state index is 12.5. The van der Waals surface area contributed by atoms with Crippen molar-refractivity contribution in [3.05, 3.63) is 42.0 Å². The second-order valence-corrected chi connectivity index (χ2v) is 7.84. The van der Waals surface area contributed by atoms with Crippen LogP contribution in [0.2, 0.25) is 0 Å². The molecule has 1 amide bonds. The van der Waals surface area contributed by atoms with E-state index in [0.29, 0.717) is 50.1 Å². The first-order chi connectivity index (χ1) is 15.6. The minimum atomic E-state index is -0.263. The maximum absolute atomic E-state index is 12.5. The molecule has 2 aromatic rings. The summed E-state index contributed by atoms with van der Waals surface area (Å²) in [5.41, 5.74) is 1.23. The third-order valence-electron chi connectivity index (χ3n) is 5.62. The van der Waals surface area contributed by atoms with Gasteiger partial charge in [0.2, 0.25) is 5.95 Å². The van der Waals surface area contributed by atoms with Crippen LogP contribution >= 0.6 is 0 Å².